The smallest absolute Gasteiger partial charge is 0.282 e. The molecule has 3 rings (SSSR count). The molecule has 3 amide bonds. The van der Waals surface area contributed by atoms with Gasteiger partial charge in [0.05, 0.1) is 10.5 Å². The topological polar surface area (TPSA) is 110 Å². The van der Waals surface area contributed by atoms with Crippen molar-refractivity contribution >= 4 is 23.4 Å². The van der Waals surface area contributed by atoms with E-state index in [2.05, 4.69) is 11.9 Å². The number of amides is 3. The molecular weight excluding hydrogens is 302 g/mol. The van der Waals surface area contributed by atoms with Gasteiger partial charge < -0.3 is 5.32 Å². The average molecular weight is 315 g/mol. The average Bonchev–Trinajstić information content (AvgIpc) is 2.76. The number of nitrogens with one attached hydrogen (secondary N) is 1. The maximum Gasteiger partial charge on any atom is 0.282 e. The number of carbonyl (C=O) groups is 3. The Morgan fingerprint density at radius 2 is 2.00 bits per heavy atom. The van der Waals surface area contributed by atoms with Gasteiger partial charge in [-0.3, -0.25) is 29.4 Å². The summed E-state index contributed by atoms with van der Waals surface area (Å²) in [5.41, 5.74) is -1.64. The molecule has 2 aliphatic heterocycles. The molecule has 1 N–H and O–H groups in total. The summed E-state index contributed by atoms with van der Waals surface area (Å²) in [7, 11) is 0. The van der Waals surface area contributed by atoms with E-state index in [0.717, 1.165) is 4.90 Å². The maximum atomic E-state index is 12.7. The summed E-state index contributed by atoms with van der Waals surface area (Å²) < 4.78 is 0. The largest absolute Gasteiger partial charge is 0.328 e. The van der Waals surface area contributed by atoms with Gasteiger partial charge in [0.15, 0.2) is 0 Å². The maximum absolute atomic E-state index is 12.7. The molecule has 23 heavy (non-hydrogen) atoms. The van der Waals surface area contributed by atoms with Gasteiger partial charge in [0.25, 0.3) is 17.5 Å². The Balaban J connectivity index is 2.11. The fourth-order valence-corrected chi connectivity index (χ4v) is 2.95. The fourth-order valence-electron chi connectivity index (χ4n) is 2.95. The van der Waals surface area contributed by atoms with Gasteiger partial charge in [-0.15, -0.1) is 0 Å². The summed E-state index contributed by atoms with van der Waals surface area (Å²) >= 11 is 0. The van der Waals surface area contributed by atoms with E-state index in [1.807, 2.05) is 0 Å². The molecule has 1 aromatic carbocycles. The lowest BCUT2D eigenvalue weighted by Gasteiger charge is -2.39. The highest BCUT2D eigenvalue weighted by atomic mass is 16.6. The molecule has 0 spiro atoms. The number of hydrogen-bond acceptors (Lipinski definition) is 5. The number of benzene rings is 1. The first kappa shape index (κ1) is 14.9. The third-order valence-corrected chi connectivity index (χ3v) is 4.28. The van der Waals surface area contributed by atoms with Crippen LogP contribution in [-0.2, 0) is 4.79 Å². The van der Waals surface area contributed by atoms with E-state index in [9.17, 15) is 24.5 Å². The van der Waals surface area contributed by atoms with E-state index in [1.54, 1.807) is 0 Å². The van der Waals surface area contributed by atoms with Crippen LogP contribution in [0.3, 0.4) is 0 Å². The lowest BCUT2D eigenvalue weighted by Crippen LogP contribution is -2.60. The van der Waals surface area contributed by atoms with E-state index >= 15 is 0 Å². The lowest BCUT2D eigenvalue weighted by atomic mass is 9.88. The molecule has 0 unspecified atom stereocenters. The third kappa shape index (κ3) is 1.95. The summed E-state index contributed by atoms with van der Waals surface area (Å²) in [6, 6.07) is 3.86. The summed E-state index contributed by atoms with van der Waals surface area (Å²) in [5.74, 6) is -2.03. The molecular formula is C15H13N3O5. The molecule has 0 saturated carbocycles. The van der Waals surface area contributed by atoms with Crippen LogP contribution in [0.1, 0.15) is 40.5 Å². The highest BCUT2D eigenvalue weighted by Crippen LogP contribution is 2.38. The monoisotopic (exact) mass is 315 g/mol. The van der Waals surface area contributed by atoms with E-state index in [4.69, 9.17) is 0 Å². The number of rotatable bonds is 2. The van der Waals surface area contributed by atoms with Crippen LogP contribution in [0.15, 0.2) is 30.5 Å². The molecule has 0 aliphatic carbocycles. The molecule has 118 valence electrons. The lowest BCUT2D eigenvalue weighted by molar-refractivity contribution is -0.385. The number of allylic oxidation sites excluding steroid dienone is 1. The molecule has 8 nitrogen and oxygen atoms in total. The van der Waals surface area contributed by atoms with Gasteiger partial charge in [0, 0.05) is 11.8 Å². The number of piperidine rings is 1. The number of carbonyl (C=O) groups excluding carboxylic acids is 3. The van der Waals surface area contributed by atoms with Crippen molar-refractivity contribution < 1.29 is 19.3 Å². The predicted octanol–water partition coefficient (Wildman–Crippen LogP) is 1.37. The van der Waals surface area contributed by atoms with E-state index < -0.39 is 33.9 Å². The summed E-state index contributed by atoms with van der Waals surface area (Å²) in [6.45, 7) is 5.14. The van der Waals surface area contributed by atoms with Crippen LogP contribution < -0.4 is 5.32 Å². The van der Waals surface area contributed by atoms with Crippen LogP contribution in [0.4, 0.5) is 5.69 Å². The van der Waals surface area contributed by atoms with Crippen molar-refractivity contribution in [3.8, 4) is 0 Å². The summed E-state index contributed by atoms with van der Waals surface area (Å²) in [5, 5.41) is 13.7. The second-order valence-electron chi connectivity index (χ2n) is 5.73. The second-order valence-corrected chi connectivity index (χ2v) is 5.73. The van der Waals surface area contributed by atoms with Crippen LogP contribution in [-0.4, -0.2) is 33.1 Å². The first-order chi connectivity index (χ1) is 10.8. The van der Waals surface area contributed by atoms with Crippen molar-refractivity contribution in [2.45, 2.75) is 25.3 Å². The fraction of sp³-hybridized carbons (Fsp3) is 0.267. The van der Waals surface area contributed by atoms with Crippen LogP contribution in [0.5, 0.6) is 0 Å². The standard InChI is InChI=1S/C15H13N3O5/c1-8-6-7-15(2,14(21)16-8)17-12(19)9-4-3-5-10(18(22)23)11(9)13(17)20/h3-5H,1,6-7H2,2H3,(H,16,21)/t15-/m1/s1. The molecule has 2 heterocycles. The van der Waals surface area contributed by atoms with Gasteiger partial charge in [-0.1, -0.05) is 12.6 Å². The van der Waals surface area contributed by atoms with Crippen molar-refractivity contribution in [2.75, 3.05) is 0 Å². The third-order valence-electron chi connectivity index (χ3n) is 4.28. The SMILES string of the molecule is C=C1CC[C@@](C)(N2C(=O)c3cccc([N+](=O)[O-])c3C2=O)C(=O)N1. The Morgan fingerprint density at radius 3 is 2.61 bits per heavy atom. The van der Waals surface area contributed by atoms with Gasteiger partial charge in [-0.05, 0) is 25.8 Å². The molecule has 1 fully saturated rings. The molecule has 0 aromatic heterocycles. The van der Waals surface area contributed by atoms with Crippen LogP contribution in [0.25, 0.3) is 0 Å². The predicted molar refractivity (Wildman–Crippen MR) is 78.5 cm³/mol. The zero-order valence-electron chi connectivity index (χ0n) is 12.3. The van der Waals surface area contributed by atoms with E-state index in [0.29, 0.717) is 12.1 Å². The second kappa shape index (κ2) is 4.73. The number of nitro groups is 1. The molecule has 0 radical (unpaired) electrons. The zero-order chi connectivity index (χ0) is 16.9. The summed E-state index contributed by atoms with van der Waals surface area (Å²) in [4.78, 5) is 48.8. The molecule has 1 atom stereocenters. The van der Waals surface area contributed by atoms with Gasteiger partial charge in [-0.25, -0.2) is 0 Å². The Morgan fingerprint density at radius 1 is 1.30 bits per heavy atom. The summed E-state index contributed by atoms with van der Waals surface area (Å²) in [6.07, 6.45) is 0.634. The molecule has 2 aliphatic rings. The molecule has 1 aromatic rings. The quantitative estimate of drug-likeness (QED) is 0.503. The Bertz CT molecular complexity index is 800. The number of nitrogens with zero attached hydrogens (tertiary/aromatic N) is 2. The van der Waals surface area contributed by atoms with Gasteiger partial charge in [0.1, 0.15) is 11.1 Å². The highest BCUT2D eigenvalue weighted by Gasteiger charge is 2.53. The Labute approximate surface area is 130 Å². The minimum Gasteiger partial charge on any atom is -0.328 e. The molecule has 1 saturated heterocycles. The minimum atomic E-state index is -1.40. The number of nitro benzene ring substituents is 1. The van der Waals surface area contributed by atoms with Gasteiger partial charge in [-0.2, -0.15) is 0 Å². The first-order valence-corrected chi connectivity index (χ1v) is 6.93. The van der Waals surface area contributed by atoms with Crippen LogP contribution >= 0.6 is 0 Å². The van der Waals surface area contributed by atoms with Crippen molar-refractivity contribution in [3.05, 3.63) is 51.7 Å². The Kier molecular flexibility index (Phi) is 3.06. The minimum absolute atomic E-state index is 0.0531. The highest BCUT2D eigenvalue weighted by molar-refractivity contribution is 6.25. The van der Waals surface area contributed by atoms with Crippen molar-refractivity contribution in [1.29, 1.82) is 0 Å². The van der Waals surface area contributed by atoms with Gasteiger partial charge in [0.2, 0.25) is 5.91 Å². The normalized spacial score (nSPS) is 23.8. The Hall–Kier alpha value is -3.03. The first-order valence-electron chi connectivity index (χ1n) is 6.93. The van der Waals surface area contributed by atoms with Crippen molar-refractivity contribution in [3.63, 3.8) is 0 Å². The zero-order valence-corrected chi connectivity index (χ0v) is 12.3. The van der Waals surface area contributed by atoms with Gasteiger partial charge >= 0.3 is 0 Å². The van der Waals surface area contributed by atoms with Crippen LogP contribution in [0.2, 0.25) is 0 Å². The van der Waals surface area contributed by atoms with E-state index in [1.165, 1.54) is 25.1 Å². The molecule has 0 bridgehead atoms. The number of imide groups is 1. The molecule has 8 heteroatoms. The van der Waals surface area contributed by atoms with Crippen molar-refractivity contribution in [2.24, 2.45) is 0 Å². The number of fused-ring (bicyclic) bond motifs is 1. The van der Waals surface area contributed by atoms with E-state index in [-0.39, 0.29) is 17.5 Å². The number of hydrogen-bond donors (Lipinski definition) is 1. The van der Waals surface area contributed by atoms with Crippen molar-refractivity contribution in [1.82, 2.24) is 10.2 Å². The van der Waals surface area contributed by atoms with Crippen LogP contribution in [0, 0.1) is 10.1 Å².